The second-order valence-corrected chi connectivity index (χ2v) is 6.94. The zero-order valence-corrected chi connectivity index (χ0v) is 16.4. The number of rotatable bonds is 7. The molecule has 5 heteroatoms. The van der Waals surface area contributed by atoms with Crippen molar-refractivity contribution in [3.8, 4) is 11.5 Å². The Balaban J connectivity index is 1.76. The van der Waals surface area contributed by atoms with Gasteiger partial charge in [0.1, 0.15) is 6.04 Å². The van der Waals surface area contributed by atoms with Crippen molar-refractivity contribution in [1.82, 2.24) is 5.32 Å². The number of benzene rings is 2. The van der Waals surface area contributed by atoms with Crippen molar-refractivity contribution in [3.63, 3.8) is 0 Å². The summed E-state index contributed by atoms with van der Waals surface area (Å²) in [6.45, 7) is 4.89. The van der Waals surface area contributed by atoms with E-state index in [0.29, 0.717) is 13.0 Å². The van der Waals surface area contributed by atoms with Crippen LogP contribution in [-0.4, -0.2) is 39.8 Å². The lowest BCUT2D eigenvalue weighted by Gasteiger charge is -2.34. The van der Waals surface area contributed by atoms with Gasteiger partial charge in [0, 0.05) is 12.0 Å². The van der Waals surface area contributed by atoms with Crippen LogP contribution < -0.4 is 19.7 Å². The number of fused-ring (bicyclic) bond motifs is 1. The Labute approximate surface area is 161 Å². The van der Waals surface area contributed by atoms with Gasteiger partial charge in [-0.3, -0.25) is 4.79 Å². The van der Waals surface area contributed by atoms with E-state index >= 15 is 0 Å². The average Bonchev–Trinajstić information content (AvgIpc) is 2.71. The fourth-order valence-electron chi connectivity index (χ4n) is 3.90. The van der Waals surface area contributed by atoms with Crippen LogP contribution in [0.3, 0.4) is 0 Å². The van der Waals surface area contributed by atoms with E-state index in [2.05, 4.69) is 24.4 Å². The molecule has 2 aromatic rings. The Morgan fingerprint density at radius 2 is 1.85 bits per heavy atom. The first-order valence-corrected chi connectivity index (χ1v) is 9.56. The summed E-state index contributed by atoms with van der Waals surface area (Å²) in [5.41, 5.74) is 3.56. The predicted molar refractivity (Wildman–Crippen MR) is 106 cm³/mol. The number of likely N-dealkylation sites (N-methyl/N-ethyl adjacent to an activating group) is 1. The number of carbonyl (C=O) groups is 1. The molecule has 1 unspecified atom stereocenters. The molecule has 144 valence electrons. The zero-order valence-electron chi connectivity index (χ0n) is 16.4. The second kappa shape index (κ2) is 8.91. The number of quaternary nitrogens is 1. The van der Waals surface area contributed by atoms with E-state index < -0.39 is 0 Å². The normalized spacial score (nSPS) is 18.5. The highest BCUT2D eigenvalue weighted by Crippen LogP contribution is 2.33. The van der Waals surface area contributed by atoms with Gasteiger partial charge in [-0.15, -0.1) is 0 Å². The number of amides is 1. The van der Waals surface area contributed by atoms with Crippen LogP contribution in [0.4, 0.5) is 0 Å². The standard InChI is InChI=1S/C22H28N2O3/c1-4-24-11-10-17-13-20(26-2)21(27-3)14-18(17)19(24)15-23-22(25)12-16-8-6-5-7-9-16/h5-9,13-14,19H,4,10-12,15H2,1-3H3,(H,23,25)/p+1/t19-/m0/s1. The maximum Gasteiger partial charge on any atom is 0.224 e. The minimum absolute atomic E-state index is 0.0595. The van der Waals surface area contributed by atoms with Gasteiger partial charge in [0.2, 0.25) is 5.91 Å². The van der Waals surface area contributed by atoms with E-state index in [1.807, 2.05) is 30.3 Å². The number of ether oxygens (including phenoxy) is 2. The van der Waals surface area contributed by atoms with E-state index in [9.17, 15) is 4.79 Å². The molecular formula is C22H29N2O3+. The lowest BCUT2D eigenvalue weighted by molar-refractivity contribution is -0.930. The predicted octanol–water partition coefficient (Wildman–Crippen LogP) is 1.56. The lowest BCUT2D eigenvalue weighted by Crippen LogP contribution is -3.13. The summed E-state index contributed by atoms with van der Waals surface area (Å²) in [6, 6.07) is 14.2. The van der Waals surface area contributed by atoms with Crippen LogP contribution in [0.5, 0.6) is 11.5 Å². The highest BCUT2D eigenvalue weighted by Gasteiger charge is 2.31. The van der Waals surface area contributed by atoms with Gasteiger partial charge in [-0.1, -0.05) is 30.3 Å². The Bertz CT molecular complexity index is 777. The summed E-state index contributed by atoms with van der Waals surface area (Å²) in [4.78, 5) is 13.9. The first-order valence-electron chi connectivity index (χ1n) is 9.56. The largest absolute Gasteiger partial charge is 0.493 e. The fraction of sp³-hybridized carbons (Fsp3) is 0.409. The molecular weight excluding hydrogens is 340 g/mol. The number of hydrogen-bond donors (Lipinski definition) is 2. The van der Waals surface area contributed by atoms with Gasteiger partial charge in [0.25, 0.3) is 0 Å². The fourth-order valence-corrected chi connectivity index (χ4v) is 3.90. The van der Waals surface area contributed by atoms with Gasteiger partial charge < -0.3 is 19.7 Å². The molecule has 0 fully saturated rings. The monoisotopic (exact) mass is 369 g/mol. The van der Waals surface area contributed by atoms with Crippen molar-refractivity contribution in [2.75, 3.05) is 33.9 Å². The zero-order chi connectivity index (χ0) is 19.2. The SMILES string of the molecule is CC[NH+]1CCc2cc(OC)c(OC)cc2[C@@H]1CNC(=O)Cc1ccccc1. The first kappa shape index (κ1) is 19.2. The molecule has 1 aliphatic rings. The smallest absolute Gasteiger partial charge is 0.224 e. The maximum absolute atomic E-state index is 12.4. The molecule has 5 nitrogen and oxygen atoms in total. The highest BCUT2D eigenvalue weighted by molar-refractivity contribution is 5.78. The highest BCUT2D eigenvalue weighted by atomic mass is 16.5. The third kappa shape index (κ3) is 4.42. The van der Waals surface area contributed by atoms with Gasteiger partial charge in [-0.05, 0) is 30.2 Å². The molecule has 1 heterocycles. The minimum atomic E-state index is 0.0595. The lowest BCUT2D eigenvalue weighted by atomic mass is 9.91. The van der Waals surface area contributed by atoms with Crippen LogP contribution in [0.2, 0.25) is 0 Å². The number of nitrogens with one attached hydrogen (secondary N) is 2. The Hall–Kier alpha value is -2.53. The van der Waals surface area contributed by atoms with Crippen molar-refractivity contribution in [1.29, 1.82) is 0 Å². The molecule has 0 radical (unpaired) electrons. The van der Waals surface area contributed by atoms with E-state index in [0.717, 1.165) is 36.6 Å². The third-order valence-corrected chi connectivity index (χ3v) is 5.39. The quantitative estimate of drug-likeness (QED) is 0.779. The average molecular weight is 369 g/mol. The molecule has 27 heavy (non-hydrogen) atoms. The van der Waals surface area contributed by atoms with Gasteiger partial charge in [0.15, 0.2) is 11.5 Å². The van der Waals surface area contributed by atoms with Crippen molar-refractivity contribution in [3.05, 3.63) is 59.2 Å². The van der Waals surface area contributed by atoms with Crippen LogP contribution >= 0.6 is 0 Å². The molecule has 0 bridgehead atoms. The summed E-state index contributed by atoms with van der Waals surface area (Å²) < 4.78 is 11.0. The summed E-state index contributed by atoms with van der Waals surface area (Å²) in [5, 5.41) is 3.14. The van der Waals surface area contributed by atoms with E-state index in [1.165, 1.54) is 16.0 Å². The third-order valence-electron chi connectivity index (χ3n) is 5.39. The first-order chi connectivity index (χ1) is 13.2. The second-order valence-electron chi connectivity index (χ2n) is 6.94. The van der Waals surface area contributed by atoms with Crippen LogP contribution in [0.1, 0.15) is 29.7 Å². The number of carbonyl (C=O) groups excluding carboxylic acids is 1. The summed E-state index contributed by atoms with van der Waals surface area (Å²) in [6.07, 6.45) is 1.42. The molecule has 0 saturated heterocycles. The van der Waals surface area contributed by atoms with Gasteiger partial charge in [-0.2, -0.15) is 0 Å². The molecule has 2 atom stereocenters. The number of hydrogen-bond acceptors (Lipinski definition) is 3. The molecule has 0 aromatic heterocycles. The Morgan fingerprint density at radius 1 is 1.15 bits per heavy atom. The molecule has 2 N–H and O–H groups in total. The molecule has 0 saturated carbocycles. The molecule has 1 aliphatic heterocycles. The van der Waals surface area contributed by atoms with Crippen LogP contribution in [-0.2, 0) is 17.6 Å². The summed E-state index contributed by atoms with van der Waals surface area (Å²) >= 11 is 0. The van der Waals surface area contributed by atoms with Crippen LogP contribution in [0.15, 0.2) is 42.5 Å². The van der Waals surface area contributed by atoms with Gasteiger partial charge in [0.05, 0.1) is 40.3 Å². The van der Waals surface area contributed by atoms with E-state index in [-0.39, 0.29) is 11.9 Å². The van der Waals surface area contributed by atoms with E-state index in [4.69, 9.17) is 9.47 Å². The Morgan fingerprint density at radius 3 is 2.52 bits per heavy atom. The van der Waals surface area contributed by atoms with Crippen LogP contribution in [0.25, 0.3) is 0 Å². The maximum atomic E-state index is 12.4. The van der Waals surface area contributed by atoms with Crippen molar-refractivity contribution in [2.24, 2.45) is 0 Å². The molecule has 0 aliphatic carbocycles. The van der Waals surface area contributed by atoms with Gasteiger partial charge in [-0.25, -0.2) is 0 Å². The molecule has 0 spiro atoms. The summed E-state index contributed by atoms with van der Waals surface area (Å²) in [5.74, 6) is 1.57. The topological polar surface area (TPSA) is 52.0 Å². The van der Waals surface area contributed by atoms with Crippen molar-refractivity contribution in [2.45, 2.75) is 25.8 Å². The molecule has 3 rings (SSSR count). The minimum Gasteiger partial charge on any atom is -0.493 e. The van der Waals surface area contributed by atoms with Crippen molar-refractivity contribution < 1.29 is 19.2 Å². The van der Waals surface area contributed by atoms with Gasteiger partial charge >= 0.3 is 0 Å². The molecule has 2 aromatic carbocycles. The van der Waals surface area contributed by atoms with Crippen LogP contribution in [0, 0.1) is 0 Å². The number of methoxy groups -OCH3 is 2. The van der Waals surface area contributed by atoms with Crippen molar-refractivity contribution >= 4 is 5.91 Å². The summed E-state index contributed by atoms with van der Waals surface area (Å²) in [7, 11) is 3.33. The molecule has 1 amide bonds. The Kier molecular flexibility index (Phi) is 6.35. The van der Waals surface area contributed by atoms with E-state index in [1.54, 1.807) is 14.2 Å².